The Labute approximate surface area is 203 Å². The van der Waals surface area contributed by atoms with E-state index in [4.69, 9.17) is 21.4 Å². The van der Waals surface area contributed by atoms with Crippen LogP contribution in [0.25, 0.3) is 10.9 Å². The summed E-state index contributed by atoms with van der Waals surface area (Å²) >= 11 is 6.00. The van der Waals surface area contributed by atoms with Gasteiger partial charge in [0.15, 0.2) is 0 Å². The fraction of sp³-hybridized carbons (Fsp3) is 0.346. The van der Waals surface area contributed by atoms with Crippen LogP contribution in [0, 0.1) is 6.92 Å². The molecule has 1 aromatic heterocycles. The number of aliphatic carboxylic acids is 1. The average Bonchev–Trinajstić information content (AvgIpc) is 3.07. The first kappa shape index (κ1) is 25.3. The number of carboxylic acid groups (broad SMARTS) is 1. The molecule has 0 aliphatic rings. The Kier molecular flexibility index (Phi) is 7.99. The zero-order valence-corrected chi connectivity index (χ0v) is 20.6. The van der Waals surface area contributed by atoms with E-state index >= 15 is 0 Å². The van der Waals surface area contributed by atoms with Gasteiger partial charge < -0.3 is 14.7 Å². The second-order valence-electron chi connectivity index (χ2n) is 8.34. The van der Waals surface area contributed by atoms with Gasteiger partial charge in [-0.25, -0.2) is 0 Å². The average molecular weight is 485 g/mol. The lowest BCUT2D eigenvalue weighted by molar-refractivity contribution is -0.137. The Bertz CT molecular complexity index is 1220. The number of amides is 1. The molecule has 0 bridgehead atoms. The van der Waals surface area contributed by atoms with Gasteiger partial charge in [0, 0.05) is 41.1 Å². The van der Waals surface area contributed by atoms with Crippen LogP contribution in [-0.2, 0) is 9.59 Å². The molecule has 1 amide bonds. The molecular weight excluding hydrogens is 456 g/mol. The Hall–Kier alpha value is -3.32. The van der Waals surface area contributed by atoms with Crippen LogP contribution in [0.2, 0.25) is 5.02 Å². The van der Waals surface area contributed by atoms with Crippen LogP contribution < -0.4 is 9.64 Å². The summed E-state index contributed by atoms with van der Waals surface area (Å²) in [6, 6.07) is 11.9. The SMILES string of the molecule is COc1ccc2c(c1)c(N(C(C)=O)C(C)CCCCC(=O)O)c(C)n2C(=O)c1ccc(Cl)cc1. The van der Waals surface area contributed by atoms with Gasteiger partial charge in [-0.1, -0.05) is 18.0 Å². The van der Waals surface area contributed by atoms with E-state index in [0.29, 0.717) is 52.5 Å². The monoisotopic (exact) mass is 484 g/mol. The van der Waals surface area contributed by atoms with Gasteiger partial charge in [0.25, 0.3) is 5.91 Å². The van der Waals surface area contributed by atoms with Crippen molar-refractivity contribution in [1.82, 2.24) is 4.57 Å². The number of ether oxygens (including phenoxy) is 1. The van der Waals surface area contributed by atoms with E-state index in [1.165, 1.54) is 6.92 Å². The normalized spacial score (nSPS) is 11.9. The molecule has 0 saturated carbocycles. The number of carbonyl (C=O) groups excluding carboxylic acids is 2. The molecule has 1 unspecified atom stereocenters. The molecule has 3 aromatic rings. The standard InChI is InChI=1S/C26H29ClN2O5/c1-16(7-5-6-8-24(31)32)28(18(3)30)25-17(2)29(23-14-13-21(34-4)15-22(23)25)26(33)19-9-11-20(27)12-10-19/h9-16H,5-8H2,1-4H3,(H,31,32). The third-order valence-electron chi connectivity index (χ3n) is 5.96. The van der Waals surface area contributed by atoms with Gasteiger partial charge in [-0.15, -0.1) is 0 Å². The summed E-state index contributed by atoms with van der Waals surface area (Å²) in [5.41, 5.74) is 2.42. The van der Waals surface area contributed by atoms with Crippen molar-refractivity contribution in [3.63, 3.8) is 0 Å². The second-order valence-corrected chi connectivity index (χ2v) is 8.78. The summed E-state index contributed by atoms with van der Waals surface area (Å²) < 4.78 is 7.03. The van der Waals surface area contributed by atoms with Crippen LogP contribution in [0.1, 0.15) is 55.6 Å². The summed E-state index contributed by atoms with van der Waals surface area (Å²) in [4.78, 5) is 38.9. The number of hydrogen-bond acceptors (Lipinski definition) is 4. The Morgan fingerprint density at radius 3 is 2.38 bits per heavy atom. The number of methoxy groups -OCH3 is 1. The van der Waals surface area contributed by atoms with Crippen molar-refractivity contribution in [3.8, 4) is 5.75 Å². The Balaban J connectivity index is 2.11. The van der Waals surface area contributed by atoms with Crippen molar-refractivity contribution in [2.75, 3.05) is 12.0 Å². The number of benzene rings is 2. The van der Waals surface area contributed by atoms with Gasteiger partial charge in [-0.05, 0) is 69.2 Å². The number of carbonyl (C=O) groups is 3. The van der Waals surface area contributed by atoms with Crippen LogP contribution >= 0.6 is 11.6 Å². The highest BCUT2D eigenvalue weighted by Gasteiger charge is 2.28. The smallest absolute Gasteiger partial charge is 0.303 e. The number of aromatic nitrogens is 1. The van der Waals surface area contributed by atoms with Crippen molar-refractivity contribution >= 4 is 46.0 Å². The highest BCUT2D eigenvalue weighted by molar-refractivity contribution is 6.30. The van der Waals surface area contributed by atoms with E-state index in [2.05, 4.69) is 0 Å². The van der Waals surface area contributed by atoms with Crippen LogP contribution in [0.5, 0.6) is 5.75 Å². The predicted molar refractivity (Wildman–Crippen MR) is 133 cm³/mol. The van der Waals surface area contributed by atoms with E-state index in [-0.39, 0.29) is 24.3 Å². The number of unbranched alkanes of at least 4 members (excludes halogenated alkanes) is 1. The van der Waals surface area contributed by atoms with Crippen LogP contribution in [0.15, 0.2) is 42.5 Å². The van der Waals surface area contributed by atoms with E-state index in [9.17, 15) is 14.4 Å². The van der Waals surface area contributed by atoms with E-state index in [0.717, 1.165) is 5.39 Å². The van der Waals surface area contributed by atoms with Gasteiger partial charge in [-0.2, -0.15) is 0 Å². The molecule has 3 rings (SSSR count). The van der Waals surface area contributed by atoms with Gasteiger partial charge in [0.05, 0.1) is 18.3 Å². The minimum absolute atomic E-state index is 0.0952. The molecule has 34 heavy (non-hydrogen) atoms. The van der Waals surface area contributed by atoms with Crippen molar-refractivity contribution in [2.45, 2.75) is 52.5 Å². The lowest BCUT2D eigenvalue weighted by Crippen LogP contribution is -2.37. The fourth-order valence-electron chi connectivity index (χ4n) is 4.33. The van der Waals surface area contributed by atoms with Crippen molar-refractivity contribution < 1.29 is 24.2 Å². The maximum atomic E-state index is 13.5. The van der Waals surface area contributed by atoms with E-state index in [1.54, 1.807) is 46.9 Å². The predicted octanol–water partition coefficient (Wildman–Crippen LogP) is 5.69. The molecule has 0 spiro atoms. The molecule has 8 heteroatoms. The number of hydrogen-bond donors (Lipinski definition) is 1. The first-order chi connectivity index (χ1) is 16.1. The minimum atomic E-state index is -0.831. The summed E-state index contributed by atoms with van der Waals surface area (Å²) in [6.45, 7) is 5.26. The van der Waals surface area contributed by atoms with Gasteiger partial charge in [0.1, 0.15) is 5.75 Å². The number of fused-ring (bicyclic) bond motifs is 1. The lowest BCUT2D eigenvalue weighted by atomic mass is 10.1. The number of carboxylic acids is 1. The van der Waals surface area contributed by atoms with Crippen LogP contribution in [0.3, 0.4) is 0 Å². The van der Waals surface area contributed by atoms with Gasteiger partial charge >= 0.3 is 5.97 Å². The molecule has 1 N–H and O–H groups in total. The van der Waals surface area contributed by atoms with Crippen LogP contribution in [0.4, 0.5) is 5.69 Å². The molecule has 0 saturated heterocycles. The van der Waals surface area contributed by atoms with Crippen molar-refractivity contribution in [1.29, 1.82) is 0 Å². The van der Waals surface area contributed by atoms with Gasteiger partial charge in [-0.3, -0.25) is 19.0 Å². The number of rotatable bonds is 9. The molecule has 2 aromatic carbocycles. The zero-order valence-electron chi connectivity index (χ0n) is 19.8. The second kappa shape index (κ2) is 10.7. The maximum Gasteiger partial charge on any atom is 0.303 e. The molecule has 7 nitrogen and oxygen atoms in total. The van der Waals surface area contributed by atoms with Crippen molar-refractivity contribution in [3.05, 3.63) is 58.7 Å². The third-order valence-corrected chi connectivity index (χ3v) is 6.21. The molecule has 1 heterocycles. The zero-order chi connectivity index (χ0) is 25.0. The van der Waals surface area contributed by atoms with Gasteiger partial charge in [0.2, 0.25) is 5.91 Å². The quantitative estimate of drug-likeness (QED) is 0.394. The number of nitrogens with zero attached hydrogens (tertiary/aromatic N) is 2. The summed E-state index contributed by atoms with van der Waals surface area (Å²) in [6.07, 6.45) is 1.93. The Morgan fingerprint density at radius 1 is 1.12 bits per heavy atom. The summed E-state index contributed by atoms with van der Waals surface area (Å²) in [5, 5.41) is 10.2. The molecule has 0 aliphatic heterocycles. The molecule has 1 atom stereocenters. The maximum absolute atomic E-state index is 13.5. The fourth-order valence-corrected chi connectivity index (χ4v) is 4.45. The largest absolute Gasteiger partial charge is 0.497 e. The minimum Gasteiger partial charge on any atom is -0.497 e. The molecule has 0 radical (unpaired) electrons. The molecular formula is C26H29ClN2O5. The first-order valence-electron chi connectivity index (χ1n) is 11.2. The van der Waals surface area contributed by atoms with E-state index in [1.807, 2.05) is 26.0 Å². The first-order valence-corrected chi connectivity index (χ1v) is 11.5. The number of anilines is 1. The highest BCUT2D eigenvalue weighted by Crippen LogP contribution is 2.38. The Morgan fingerprint density at radius 2 is 1.79 bits per heavy atom. The molecule has 0 aliphatic carbocycles. The highest BCUT2D eigenvalue weighted by atomic mass is 35.5. The molecule has 0 fully saturated rings. The summed E-state index contributed by atoms with van der Waals surface area (Å²) in [5.74, 6) is -0.604. The third kappa shape index (κ3) is 5.25. The van der Waals surface area contributed by atoms with Crippen molar-refractivity contribution in [2.24, 2.45) is 0 Å². The molecule has 180 valence electrons. The van der Waals surface area contributed by atoms with E-state index < -0.39 is 5.97 Å². The topological polar surface area (TPSA) is 88.8 Å². The lowest BCUT2D eigenvalue weighted by Gasteiger charge is -2.29. The number of halogens is 1. The van der Waals surface area contributed by atoms with Crippen LogP contribution in [-0.4, -0.2) is 40.6 Å². The summed E-state index contributed by atoms with van der Waals surface area (Å²) in [7, 11) is 1.57.